The molecule has 0 aliphatic heterocycles. The van der Waals surface area contributed by atoms with E-state index >= 15 is 0 Å². The van der Waals surface area contributed by atoms with Crippen LogP contribution in [0.25, 0.3) is 0 Å². The van der Waals surface area contributed by atoms with Crippen molar-refractivity contribution in [1.29, 1.82) is 0 Å². The van der Waals surface area contributed by atoms with Crippen molar-refractivity contribution in [3.05, 3.63) is 33.9 Å². The Balaban J connectivity index is 2.78. The minimum absolute atomic E-state index is 0.0682. The summed E-state index contributed by atoms with van der Waals surface area (Å²) in [6.07, 6.45) is 0. The quantitative estimate of drug-likeness (QED) is 0.584. The molecule has 0 aliphatic rings. The normalized spacial score (nSPS) is 10.6. The lowest BCUT2D eigenvalue weighted by atomic mass is 10.1. The number of nitrogens with zero attached hydrogens (tertiary/aromatic N) is 3. The molecule has 0 unspecified atom stereocenters. The lowest BCUT2D eigenvalue weighted by Gasteiger charge is -2.18. The summed E-state index contributed by atoms with van der Waals surface area (Å²) in [7, 11) is 3.46. The van der Waals surface area contributed by atoms with Gasteiger partial charge in [-0.05, 0) is 25.2 Å². The van der Waals surface area contributed by atoms with E-state index in [0.717, 1.165) is 19.6 Å². The molecular weight excluding hydrogens is 284 g/mol. The molecule has 1 N–H and O–H groups in total. The fourth-order valence-electron chi connectivity index (χ4n) is 2.16. The van der Waals surface area contributed by atoms with Crippen molar-refractivity contribution in [1.82, 2.24) is 10.2 Å². The number of amides is 1. The first-order valence-corrected chi connectivity index (χ1v) is 7.37. The van der Waals surface area contributed by atoms with Gasteiger partial charge in [-0.25, -0.2) is 0 Å². The molecule has 1 rings (SSSR count). The highest BCUT2D eigenvalue weighted by molar-refractivity contribution is 5.95. The number of benzene rings is 1. The third-order valence-electron chi connectivity index (χ3n) is 3.52. The Morgan fingerprint density at radius 3 is 2.41 bits per heavy atom. The molecule has 22 heavy (non-hydrogen) atoms. The number of anilines is 1. The van der Waals surface area contributed by atoms with Crippen LogP contribution in [-0.4, -0.2) is 56.0 Å². The molecule has 0 heterocycles. The van der Waals surface area contributed by atoms with Crippen LogP contribution < -0.4 is 10.2 Å². The maximum atomic E-state index is 12.1. The summed E-state index contributed by atoms with van der Waals surface area (Å²) >= 11 is 0. The van der Waals surface area contributed by atoms with Gasteiger partial charge >= 0.3 is 0 Å². The zero-order valence-electron chi connectivity index (χ0n) is 13.6. The van der Waals surface area contributed by atoms with Crippen LogP contribution in [-0.2, 0) is 0 Å². The van der Waals surface area contributed by atoms with Crippen LogP contribution in [0.15, 0.2) is 18.2 Å². The van der Waals surface area contributed by atoms with Gasteiger partial charge in [-0.15, -0.1) is 0 Å². The van der Waals surface area contributed by atoms with Crippen LogP contribution in [0.5, 0.6) is 0 Å². The SMILES string of the molecule is CCN(CC)CCNC(=O)c1ccc(N(C)C)c([N+](=O)[O-])c1. The van der Waals surface area contributed by atoms with E-state index in [9.17, 15) is 14.9 Å². The summed E-state index contributed by atoms with van der Waals surface area (Å²) in [5, 5.41) is 13.9. The minimum atomic E-state index is -0.470. The molecule has 0 bridgehead atoms. The summed E-state index contributed by atoms with van der Waals surface area (Å²) in [6, 6.07) is 4.52. The summed E-state index contributed by atoms with van der Waals surface area (Å²) < 4.78 is 0. The molecule has 0 saturated heterocycles. The Hall–Kier alpha value is -2.15. The summed E-state index contributed by atoms with van der Waals surface area (Å²) in [5.74, 6) is -0.291. The van der Waals surface area contributed by atoms with Crippen molar-refractivity contribution in [3.8, 4) is 0 Å². The Labute approximate surface area is 131 Å². The number of nitro benzene ring substituents is 1. The number of hydrogen-bond acceptors (Lipinski definition) is 5. The predicted octanol–water partition coefficient (Wildman–Crippen LogP) is 1.73. The largest absolute Gasteiger partial charge is 0.372 e. The van der Waals surface area contributed by atoms with Crippen LogP contribution in [0.4, 0.5) is 11.4 Å². The van der Waals surface area contributed by atoms with Crippen LogP contribution in [0.3, 0.4) is 0 Å². The average molecular weight is 308 g/mol. The van der Waals surface area contributed by atoms with E-state index in [1.807, 2.05) is 0 Å². The van der Waals surface area contributed by atoms with Crippen molar-refractivity contribution < 1.29 is 9.72 Å². The van der Waals surface area contributed by atoms with Crippen LogP contribution >= 0.6 is 0 Å². The first-order chi connectivity index (χ1) is 10.4. The summed E-state index contributed by atoms with van der Waals surface area (Å²) in [4.78, 5) is 26.6. The second kappa shape index (κ2) is 8.33. The van der Waals surface area contributed by atoms with Crippen molar-refractivity contribution in [2.45, 2.75) is 13.8 Å². The van der Waals surface area contributed by atoms with E-state index in [2.05, 4.69) is 24.1 Å². The fraction of sp³-hybridized carbons (Fsp3) is 0.533. The van der Waals surface area contributed by atoms with E-state index in [4.69, 9.17) is 0 Å². The van der Waals surface area contributed by atoms with Gasteiger partial charge in [0.05, 0.1) is 4.92 Å². The second-order valence-corrected chi connectivity index (χ2v) is 5.14. The number of hydrogen-bond donors (Lipinski definition) is 1. The number of carbonyl (C=O) groups is 1. The van der Waals surface area contributed by atoms with Gasteiger partial charge in [0.1, 0.15) is 5.69 Å². The van der Waals surface area contributed by atoms with Gasteiger partial charge in [-0.2, -0.15) is 0 Å². The molecule has 0 saturated carbocycles. The van der Waals surface area contributed by atoms with Crippen LogP contribution in [0, 0.1) is 10.1 Å². The minimum Gasteiger partial charge on any atom is -0.372 e. The van der Waals surface area contributed by atoms with Gasteiger partial charge in [-0.3, -0.25) is 14.9 Å². The topological polar surface area (TPSA) is 78.7 Å². The van der Waals surface area contributed by atoms with Gasteiger partial charge in [0.15, 0.2) is 0 Å². The Morgan fingerprint density at radius 2 is 1.91 bits per heavy atom. The number of likely N-dealkylation sites (N-methyl/N-ethyl adjacent to an activating group) is 1. The lowest BCUT2D eigenvalue weighted by Crippen LogP contribution is -2.34. The Kier molecular flexibility index (Phi) is 6.78. The molecule has 122 valence electrons. The summed E-state index contributed by atoms with van der Waals surface area (Å²) in [5.41, 5.74) is 0.711. The molecule has 0 radical (unpaired) electrons. The highest BCUT2D eigenvalue weighted by atomic mass is 16.6. The first-order valence-electron chi connectivity index (χ1n) is 7.37. The zero-order valence-corrected chi connectivity index (χ0v) is 13.6. The molecule has 0 aliphatic carbocycles. The third kappa shape index (κ3) is 4.70. The highest BCUT2D eigenvalue weighted by Gasteiger charge is 2.18. The smallest absolute Gasteiger partial charge is 0.293 e. The number of nitrogens with one attached hydrogen (secondary N) is 1. The Morgan fingerprint density at radius 1 is 1.27 bits per heavy atom. The van der Waals surface area contributed by atoms with Crippen molar-refractivity contribution in [2.24, 2.45) is 0 Å². The highest BCUT2D eigenvalue weighted by Crippen LogP contribution is 2.27. The molecule has 0 spiro atoms. The lowest BCUT2D eigenvalue weighted by molar-refractivity contribution is -0.384. The van der Waals surface area contributed by atoms with Crippen molar-refractivity contribution >= 4 is 17.3 Å². The van der Waals surface area contributed by atoms with Gasteiger partial charge in [-0.1, -0.05) is 13.8 Å². The number of nitro groups is 1. The molecular formula is C15H24N4O3. The van der Waals surface area contributed by atoms with E-state index in [-0.39, 0.29) is 11.6 Å². The van der Waals surface area contributed by atoms with Gasteiger partial charge in [0, 0.05) is 38.8 Å². The first kappa shape index (κ1) is 17.9. The van der Waals surface area contributed by atoms with Gasteiger partial charge in [0.25, 0.3) is 11.6 Å². The van der Waals surface area contributed by atoms with Gasteiger partial charge in [0.2, 0.25) is 0 Å². The molecule has 0 fully saturated rings. The monoisotopic (exact) mass is 308 g/mol. The summed E-state index contributed by atoms with van der Waals surface area (Å²) in [6.45, 7) is 7.26. The van der Waals surface area contributed by atoms with E-state index in [0.29, 0.717) is 17.8 Å². The van der Waals surface area contributed by atoms with Gasteiger partial charge < -0.3 is 15.1 Å². The standard InChI is InChI=1S/C15H24N4O3/c1-5-18(6-2)10-9-16-15(20)12-7-8-13(17(3)4)14(11-12)19(21)22/h7-8,11H,5-6,9-10H2,1-4H3,(H,16,20). The molecule has 1 aromatic carbocycles. The maximum Gasteiger partial charge on any atom is 0.293 e. The number of rotatable bonds is 8. The fourth-order valence-corrected chi connectivity index (χ4v) is 2.16. The molecule has 7 nitrogen and oxygen atoms in total. The van der Waals surface area contributed by atoms with Crippen molar-refractivity contribution in [3.63, 3.8) is 0 Å². The molecule has 0 aromatic heterocycles. The Bertz CT molecular complexity index is 528. The molecule has 1 amide bonds. The van der Waals surface area contributed by atoms with E-state index in [1.54, 1.807) is 31.1 Å². The average Bonchev–Trinajstić information content (AvgIpc) is 2.50. The van der Waals surface area contributed by atoms with Crippen LogP contribution in [0.2, 0.25) is 0 Å². The zero-order chi connectivity index (χ0) is 16.7. The van der Waals surface area contributed by atoms with E-state index in [1.165, 1.54) is 6.07 Å². The number of carbonyl (C=O) groups excluding carboxylic acids is 1. The molecule has 0 atom stereocenters. The third-order valence-corrected chi connectivity index (χ3v) is 3.52. The van der Waals surface area contributed by atoms with E-state index < -0.39 is 4.92 Å². The molecule has 7 heteroatoms. The molecule has 1 aromatic rings. The second-order valence-electron chi connectivity index (χ2n) is 5.14. The van der Waals surface area contributed by atoms with Crippen LogP contribution in [0.1, 0.15) is 24.2 Å². The predicted molar refractivity (Wildman–Crippen MR) is 87.5 cm³/mol. The van der Waals surface area contributed by atoms with Crippen molar-refractivity contribution in [2.75, 3.05) is 45.2 Å². The maximum absolute atomic E-state index is 12.1.